The number of carbonyl (C=O) groups is 3. The molecular weight excluding hydrogens is 412 g/mol. The van der Waals surface area contributed by atoms with E-state index >= 15 is 0 Å². The predicted molar refractivity (Wildman–Crippen MR) is 131 cm³/mol. The second-order valence-electron chi connectivity index (χ2n) is 7.54. The molecule has 2 N–H and O–H groups in total. The first-order chi connectivity index (χ1) is 16.0. The van der Waals surface area contributed by atoms with Crippen LogP contribution in [0.5, 0.6) is 0 Å². The van der Waals surface area contributed by atoms with E-state index in [0.717, 1.165) is 16.3 Å². The van der Waals surface area contributed by atoms with Crippen LogP contribution in [-0.4, -0.2) is 17.6 Å². The Bertz CT molecular complexity index is 1350. The summed E-state index contributed by atoms with van der Waals surface area (Å²) in [6.07, 6.45) is 1.63. The first-order valence-electron chi connectivity index (χ1n) is 10.5. The third-order valence-corrected chi connectivity index (χ3v) is 5.19. The molecule has 0 aliphatic heterocycles. The Morgan fingerprint density at radius 1 is 0.727 bits per heavy atom. The standard InChI is InChI=1S/C28H22N2O3/c1-19(31)21-14-16-23(17-15-21)29-28(33)26(18-20-8-3-2-4-9-20)30-27(32)25-13-7-11-22-10-5-6-12-24(22)25/h2-18H,1H3,(H,29,33)(H,30,32)/b26-18-. The van der Waals surface area contributed by atoms with Crippen molar-refractivity contribution in [3.63, 3.8) is 0 Å². The lowest BCUT2D eigenvalue weighted by molar-refractivity contribution is -0.113. The van der Waals surface area contributed by atoms with Gasteiger partial charge in [0, 0.05) is 16.8 Å². The van der Waals surface area contributed by atoms with Gasteiger partial charge in [-0.15, -0.1) is 0 Å². The minimum absolute atomic E-state index is 0.0557. The summed E-state index contributed by atoms with van der Waals surface area (Å²) in [5.74, 6) is -0.904. The van der Waals surface area contributed by atoms with Gasteiger partial charge < -0.3 is 10.6 Å². The molecule has 0 spiro atoms. The molecule has 0 aromatic heterocycles. The molecule has 0 saturated heterocycles. The van der Waals surface area contributed by atoms with E-state index in [1.165, 1.54) is 6.92 Å². The van der Waals surface area contributed by atoms with E-state index in [1.54, 1.807) is 36.4 Å². The highest BCUT2D eigenvalue weighted by Gasteiger charge is 2.17. The van der Waals surface area contributed by atoms with Crippen molar-refractivity contribution in [3.8, 4) is 0 Å². The maximum Gasteiger partial charge on any atom is 0.272 e. The quantitative estimate of drug-likeness (QED) is 0.313. The van der Waals surface area contributed by atoms with Gasteiger partial charge in [-0.05, 0) is 59.7 Å². The second-order valence-corrected chi connectivity index (χ2v) is 7.54. The predicted octanol–water partition coefficient (Wildman–Crippen LogP) is 5.45. The number of amides is 2. The number of rotatable bonds is 6. The molecule has 0 bridgehead atoms. The molecule has 4 aromatic carbocycles. The third-order valence-electron chi connectivity index (χ3n) is 5.19. The van der Waals surface area contributed by atoms with E-state index in [-0.39, 0.29) is 17.4 Å². The Morgan fingerprint density at radius 2 is 1.39 bits per heavy atom. The molecule has 2 amide bonds. The summed E-state index contributed by atoms with van der Waals surface area (Å²) < 4.78 is 0. The second kappa shape index (κ2) is 9.75. The Hall–Kier alpha value is -4.51. The maximum absolute atomic E-state index is 13.2. The highest BCUT2D eigenvalue weighted by molar-refractivity contribution is 6.13. The summed E-state index contributed by atoms with van der Waals surface area (Å²) in [5.41, 5.74) is 2.42. The Balaban J connectivity index is 1.63. The molecule has 0 saturated carbocycles. The fourth-order valence-electron chi connectivity index (χ4n) is 3.47. The van der Waals surface area contributed by atoms with E-state index in [0.29, 0.717) is 16.8 Å². The summed E-state index contributed by atoms with van der Waals surface area (Å²) in [6.45, 7) is 1.48. The van der Waals surface area contributed by atoms with Crippen molar-refractivity contribution in [1.29, 1.82) is 0 Å². The molecule has 5 nitrogen and oxygen atoms in total. The van der Waals surface area contributed by atoms with Crippen LogP contribution in [0, 0.1) is 0 Å². The zero-order chi connectivity index (χ0) is 23.2. The van der Waals surface area contributed by atoms with E-state index < -0.39 is 5.91 Å². The molecule has 4 aromatic rings. The molecular formula is C28H22N2O3. The van der Waals surface area contributed by atoms with Gasteiger partial charge in [0.05, 0.1) is 0 Å². The van der Waals surface area contributed by atoms with Crippen LogP contribution in [0.4, 0.5) is 5.69 Å². The fourth-order valence-corrected chi connectivity index (χ4v) is 3.47. The topological polar surface area (TPSA) is 75.3 Å². The van der Waals surface area contributed by atoms with Crippen LogP contribution in [-0.2, 0) is 4.79 Å². The number of hydrogen-bond acceptors (Lipinski definition) is 3. The van der Waals surface area contributed by atoms with Gasteiger partial charge in [0.15, 0.2) is 5.78 Å². The molecule has 0 unspecified atom stereocenters. The van der Waals surface area contributed by atoms with Crippen LogP contribution in [0.1, 0.15) is 33.2 Å². The highest BCUT2D eigenvalue weighted by atomic mass is 16.2. The molecule has 0 atom stereocenters. The summed E-state index contributed by atoms with van der Waals surface area (Å²) in [5, 5.41) is 7.31. The van der Waals surface area contributed by atoms with Crippen molar-refractivity contribution in [1.82, 2.24) is 5.32 Å². The van der Waals surface area contributed by atoms with Gasteiger partial charge in [0.2, 0.25) is 0 Å². The van der Waals surface area contributed by atoms with Crippen LogP contribution in [0.25, 0.3) is 16.8 Å². The number of carbonyl (C=O) groups excluding carboxylic acids is 3. The molecule has 0 fully saturated rings. The smallest absolute Gasteiger partial charge is 0.272 e. The number of hydrogen-bond donors (Lipinski definition) is 2. The average molecular weight is 434 g/mol. The zero-order valence-corrected chi connectivity index (χ0v) is 18.0. The Labute approximate surface area is 191 Å². The molecule has 0 heterocycles. The lowest BCUT2D eigenvalue weighted by atomic mass is 10.0. The van der Waals surface area contributed by atoms with Crippen LogP contribution < -0.4 is 10.6 Å². The van der Waals surface area contributed by atoms with Gasteiger partial charge >= 0.3 is 0 Å². The van der Waals surface area contributed by atoms with Crippen LogP contribution in [0.2, 0.25) is 0 Å². The van der Waals surface area contributed by atoms with Gasteiger partial charge in [-0.1, -0.05) is 66.7 Å². The van der Waals surface area contributed by atoms with E-state index in [4.69, 9.17) is 0 Å². The van der Waals surface area contributed by atoms with Gasteiger partial charge in [-0.3, -0.25) is 14.4 Å². The van der Waals surface area contributed by atoms with Crippen molar-refractivity contribution in [2.24, 2.45) is 0 Å². The van der Waals surface area contributed by atoms with Crippen molar-refractivity contribution in [2.45, 2.75) is 6.92 Å². The SMILES string of the molecule is CC(=O)c1ccc(NC(=O)/C(=C/c2ccccc2)NC(=O)c2cccc3ccccc23)cc1. The van der Waals surface area contributed by atoms with Crippen molar-refractivity contribution in [3.05, 3.63) is 119 Å². The van der Waals surface area contributed by atoms with Crippen LogP contribution in [0.15, 0.2) is 103 Å². The summed E-state index contributed by atoms with van der Waals surface area (Å²) in [6, 6.07) is 29.0. The number of fused-ring (bicyclic) bond motifs is 1. The summed E-state index contributed by atoms with van der Waals surface area (Å²) >= 11 is 0. The average Bonchev–Trinajstić information content (AvgIpc) is 2.84. The monoisotopic (exact) mass is 434 g/mol. The zero-order valence-electron chi connectivity index (χ0n) is 18.0. The molecule has 162 valence electrons. The largest absolute Gasteiger partial charge is 0.321 e. The first-order valence-corrected chi connectivity index (χ1v) is 10.5. The Morgan fingerprint density at radius 3 is 2.12 bits per heavy atom. The van der Waals surface area contributed by atoms with E-state index in [2.05, 4.69) is 10.6 Å². The molecule has 0 aliphatic carbocycles. The van der Waals surface area contributed by atoms with Crippen molar-refractivity contribution >= 4 is 40.1 Å². The van der Waals surface area contributed by atoms with Gasteiger partial charge in [-0.25, -0.2) is 0 Å². The normalized spacial score (nSPS) is 11.1. The van der Waals surface area contributed by atoms with Crippen molar-refractivity contribution < 1.29 is 14.4 Å². The van der Waals surface area contributed by atoms with Gasteiger partial charge in [0.1, 0.15) is 5.70 Å². The first kappa shape index (κ1) is 21.7. The third kappa shape index (κ3) is 5.22. The molecule has 0 radical (unpaired) electrons. The van der Waals surface area contributed by atoms with Gasteiger partial charge in [0.25, 0.3) is 11.8 Å². The summed E-state index contributed by atoms with van der Waals surface area (Å²) in [4.78, 5) is 37.8. The fraction of sp³-hybridized carbons (Fsp3) is 0.0357. The minimum atomic E-state index is -0.469. The lowest BCUT2D eigenvalue weighted by Gasteiger charge is -2.13. The van der Waals surface area contributed by atoms with Crippen molar-refractivity contribution in [2.75, 3.05) is 5.32 Å². The lowest BCUT2D eigenvalue weighted by Crippen LogP contribution is -2.30. The summed E-state index contributed by atoms with van der Waals surface area (Å²) in [7, 11) is 0. The van der Waals surface area contributed by atoms with Crippen LogP contribution >= 0.6 is 0 Å². The molecule has 0 aliphatic rings. The molecule has 5 heteroatoms. The van der Waals surface area contributed by atoms with Crippen LogP contribution in [0.3, 0.4) is 0 Å². The number of ketones is 1. The number of anilines is 1. The molecule has 33 heavy (non-hydrogen) atoms. The number of Topliss-reactive ketones (excluding diaryl/α,β-unsaturated/α-hetero) is 1. The maximum atomic E-state index is 13.2. The minimum Gasteiger partial charge on any atom is -0.321 e. The molecule has 4 rings (SSSR count). The highest BCUT2D eigenvalue weighted by Crippen LogP contribution is 2.19. The Kier molecular flexibility index (Phi) is 6.41. The number of nitrogens with one attached hydrogen (secondary N) is 2. The van der Waals surface area contributed by atoms with E-state index in [1.807, 2.05) is 66.7 Å². The number of benzene rings is 4. The van der Waals surface area contributed by atoms with Gasteiger partial charge in [-0.2, -0.15) is 0 Å². The van der Waals surface area contributed by atoms with E-state index in [9.17, 15) is 14.4 Å².